The molecule has 3 rings (SSSR count). The molecule has 1 heterocycles. The predicted molar refractivity (Wildman–Crippen MR) is 118 cm³/mol. The van der Waals surface area contributed by atoms with E-state index in [0.717, 1.165) is 41.5 Å². The molecule has 2 aromatic carbocycles. The van der Waals surface area contributed by atoms with Crippen molar-refractivity contribution in [1.29, 1.82) is 0 Å². The van der Waals surface area contributed by atoms with E-state index >= 15 is 0 Å². The number of ether oxygens (including phenoxy) is 1. The molecule has 2 aromatic rings. The third-order valence-electron chi connectivity index (χ3n) is 4.87. The van der Waals surface area contributed by atoms with E-state index in [0.29, 0.717) is 24.5 Å². The second-order valence-corrected chi connectivity index (χ2v) is 7.30. The van der Waals surface area contributed by atoms with Crippen LogP contribution >= 0.6 is 11.6 Å². The normalized spacial score (nSPS) is 16.0. The molecule has 3 N–H and O–H groups in total. The molecule has 0 fully saturated rings. The van der Waals surface area contributed by atoms with Crippen LogP contribution in [0, 0.1) is 0 Å². The fraction of sp³-hybridized carbons (Fsp3) is 0.364. The van der Waals surface area contributed by atoms with E-state index in [1.807, 2.05) is 43.3 Å². The van der Waals surface area contributed by atoms with Crippen LogP contribution in [-0.2, 0) is 11.2 Å². The average molecular weight is 415 g/mol. The Bertz CT molecular complexity index is 885. The van der Waals surface area contributed by atoms with Crippen molar-refractivity contribution in [3.63, 3.8) is 0 Å². The molecule has 7 heteroatoms. The van der Waals surface area contributed by atoms with Crippen molar-refractivity contribution >= 4 is 29.2 Å². The summed E-state index contributed by atoms with van der Waals surface area (Å²) in [6.07, 6.45) is 1.21. The number of halogens is 1. The Labute approximate surface area is 176 Å². The molecule has 0 aliphatic carbocycles. The summed E-state index contributed by atoms with van der Waals surface area (Å²) in [6, 6.07) is 13.6. The molecule has 0 spiro atoms. The van der Waals surface area contributed by atoms with Crippen molar-refractivity contribution in [2.75, 3.05) is 32.1 Å². The van der Waals surface area contributed by atoms with Crippen molar-refractivity contribution in [2.24, 2.45) is 4.99 Å². The summed E-state index contributed by atoms with van der Waals surface area (Å²) in [6.45, 7) is 4.03. The number of hydrogen-bond acceptors (Lipinski definition) is 3. The highest BCUT2D eigenvalue weighted by Crippen LogP contribution is 2.32. The number of fused-ring (bicyclic) bond motifs is 1. The lowest BCUT2D eigenvalue weighted by atomic mass is 9.91. The summed E-state index contributed by atoms with van der Waals surface area (Å²) in [7, 11) is 1.63. The summed E-state index contributed by atoms with van der Waals surface area (Å²) >= 11 is 6.32. The molecule has 0 saturated heterocycles. The summed E-state index contributed by atoms with van der Waals surface area (Å²) in [5.41, 5.74) is 3.07. The molecule has 1 unspecified atom stereocenters. The van der Waals surface area contributed by atoms with Crippen molar-refractivity contribution < 1.29 is 9.53 Å². The smallest absolute Gasteiger partial charge is 0.225 e. The third kappa shape index (κ3) is 5.64. The lowest BCUT2D eigenvalue weighted by Gasteiger charge is -2.24. The van der Waals surface area contributed by atoms with Crippen LogP contribution in [0.2, 0.25) is 5.02 Å². The molecule has 1 amide bonds. The van der Waals surface area contributed by atoms with Gasteiger partial charge in [-0.1, -0.05) is 35.9 Å². The molecule has 154 valence electrons. The number of aliphatic imine (C=N–C) groups is 1. The zero-order valence-electron chi connectivity index (χ0n) is 16.8. The van der Waals surface area contributed by atoms with E-state index in [-0.39, 0.29) is 11.8 Å². The Kier molecular flexibility index (Phi) is 7.36. The molecule has 1 aliphatic heterocycles. The highest BCUT2D eigenvalue weighted by atomic mass is 35.5. The van der Waals surface area contributed by atoms with E-state index in [1.165, 1.54) is 0 Å². The van der Waals surface area contributed by atoms with Gasteiger partial charge in [0.2, 0.25) is 5.91 Å². The minimum atomic E-state index is 0.0380. The van der Waals surface area contributed by atoms with Crippen LogP contribution in [0.15, 0.2) is 47.5 Å². The van der Waals surface area contributed by atoms with E-state index in [9.17, 15) is 4.79 Å². The highest BCUT2D eigenvalue weighted by molar-refractivity contribution is 6.31. The number of benzene rings is 2. The second kappa shape index (κ2) is 10.2. The van der Waals surface area contributed by atoms with Gasteiger partial charge >= 0.3 is 0 Å². The Balaban J connectivity index is 1.61. The fourth-order valence-electron chi connectivity index (χ4n) is 3.38. The molecule has 0 bridgehead atoms. The number of nitrogens with zero attached hydrogens (tertiary/aromatic N) is 1. The molecule has 6 nitrogen and oxygen atoms in total. The molecule has 1 aliphatic rings. The van der Waals surface area contributed by atoms with Gasteiger partial charge in [0.05, 0.1) is 13.7 Å². The lowest BCUT2D eigenvalue weighted by molar-refractivity contribution is -0.116. The van der Waals surface area contributed by atoms with E-state index in [4.69, 9.17) is 21.3 Å². The molecule has 0 aromatic heterocycles. The first-order valence-corrected chi connectivity index (χ1v) is 10.2. The van der Waals surface area contributed by atoms with Crippen molar-refractivity contribution in [3.8, 4) is 5.75 Å². The second-order valence-electron chi connectivity index (χ2n) is 6.89. The van der Waals surface area contributed by atoms with Crippen molar-refractivity contribution in [3.05, 3.63) is 58.6 Å². The number of guanidine groups is 1. The van der Waals surface area contributed by atoms with Crippen molar-refractivity contribution in [1.82, 2.24) is 10.6 Å². The van der Waals surface area contributed by atoms with Gasteiger partial charge in [-0.3, -0.25) is 9.79 Å². The van der Waals surface area contributed by atoms with Crippen LogP contribution in [0.5, 0.6) is 5.75 Å². The van der Waals surface area contributed by atoms with Gasteiger partial charge in [0.25, 0.3) is 0 Å². The summed E-state index contributed by atoms with van der Waals surface area (Å²) < 4.78 is 5.19. The number of nitrogens with one attached hydrogen (secondary N) is 3. The van der Waals surface area contributed by atoms with Gasteiger partial charge in [-0.05, 0) is 42.7 Å². The van der Waals surface area contributed by atoms with Crippen LogP contribution in [0.25, 0.3) is 0 Å². The van der Waals surface area contributed by atoms with E-state index in [1.54, 1.807) is 7.11 Å². The number of methoxy groups -OCH3 is 1. The Hall–Kier alpha value is -2.73. The summed E-state index contributed by atoms with van der Waals surface area (Å²) in [5.74, 6) is 1.60. The molecular weight excluding hydrogens is 388 g/mol. The van der Waals surface area contributed by atoms with Crippen LogP contribution < -0.4 is 20.7 Å². The minimum absolute atomic E-state index is 0.0380. The fourth-order valence-corrected chi connectivity index (χ4v) is 3.65. The van der Waals surface area contributed by atoms with E-state index in [2.05, 4.69) is 22.0 Å². The number of amides is 1. The van der Waals surface area contributed by atoms with Gasteiger partial charge in [-0.25, -0.2) is 0 Å². The van der Waals surface area contributed by atoms with Gasteiger partial charge in [0.1, 0.15) is 5.75 Å². The minimum Gasteiger partial charge on any atom is -0.497 e. The molecule has 29 heavy (non-hydrogen) atoms. The van der Waals surface area contributed by atoms with Gasteiger partial charge in [-0.15, -0.1) is 0 Å². The maximum Gasteiger partial charge on any atom is 0.225 e. The monoisotopic (exact) mass is 414 g/mol. The van der Waals surface area contributed by atoms with Gasteiger partial charge in [-0.2, -0.15) is 0 Å². The standard InChI is InChI=1S/C22H27ClN4O2/c1-3-24-22(25-11-10-15-8-9-17(29-2)13-19(15)23)26-14-16-12-21(28)27-20-7-5-4-6-18(16)20/h4-9,13,16H,3,10-12,14H2,1-2H3,(H,27,28)(H2,24,25,26). The SMILES string of the molecule is CCNC(=NCC1CC(=O)Nc2ccccc21)NCCc1ccc(OC)cc1Cl. The first kappa shape index (κ1) is 21.0. The maximum atomic E-state index is 12.0. The number of para-hydroxylation sites is 1. The lowest BCUT2D eigenvalue weighted by Crippen LogP contribution is -2.39. The molecule has 0 radical (unpaired) electrons. The Morgan fingerprint density at radius 3 is 2.86 bits per heavy atom. The van der Waals surface area contributed by atoms with Crippen molar-refractivity contribution in [2.45, 2.75) is 25.7 Å². The number of carbonyl (C=O) groups is 1. The first-order chi connectivity index (χ1) is 14.1. The van der Waals surface area contributed by atoms with Crippen LogP contribution in [-0.4, -0.2) is 38.6 Å². The van der Waals surface area contributed by atoms with Crippen LogP contribution in [0.4, 0.5) is 5.69 Å². The van der Waals surface area contributed by atoms with E-state index < -0.39 is 0 Å². The predicted octanol–water partition coefficient (Wildman–Crippen LogP) is 3.57. The van der Waals surface area contributed by atoms with Crippen LogP contribution in [0.3, 0.4) is 0 Å². The zero-order valence-corrected chi connectivity index (χ0v) is 17.6. The van der Waals surface area contributed by atoms with Gasteiger partial charge in [0.15, 0.2) is 5.96 Å². The number of anilines is 1. The molecule has 1 atom stereocenters. The largest absolute Gasteiger partial charge is 0.497 e. The molecule has 0 saturated carbocycles. The summed E-state index contributed by atoms with van der Waals surface area (Å²) in [5, 5.41) is 10.2. The number of carbonyl (C=O) groups excluding carboxylic acids is 1. The first-order valence-electron chi connectivity index (χ1n) is 9.84. The molecular formula is C22H27ClN4O2. The summed E-state index contributed by atoms with van der Waals surface area (Å²) in [4.78, 5) is 16.7. The van der Waals surface area contributed by atoms with Gasteiger partial charge < -0.3 is 20.7 Å². The highest BCUT2D eigenvalue weighted by Gasteiger charge is 2.24. The van der Waals surface area contributed by atoms with Gasteiger partial charge in [0, 0.05) is 36.1 Å². The number of rotatable bonds is 7. The topological polar surface area (TPSA) is 74.8 Å². The Morgan fingerprint density at radius 1 is 1.28 bits per heavy atom. The Morgan fingerprint density at radius 2 is 2.10 bits per heavy atom. The maximum absolute atomic E-state index is 12.0. The quantitative estimate of drug-likeness (QED) is 0.478. The number of hydrogen-bond donors (Lipinski definition) is 3. The average Bonchev–Trinajstić information content (AvgIpc) is 2.72. The van der Waals surface area contributed by atoms with Crippen LogP contribution in [0.1, 0.15) is 30.4 Å². The zero-order chi connectivity index (χ0) is 20.6. The third-order valence-corrected chi connectivity index (χ3v) is 5.22.